The van der Waals surface area contributed by atoms with Crippen molar-refractivity contribution in [3.05, 3.63) is 99.3 Å². The maximum absolute atomic E-state index is 13.8. The zero-order valence-corrected chi connectivity index (χ0v) is 19.8. The fraction of sp³-hybridized carbons (Fsp3) is 0.240. The minimum absolute atomic E-state index is 0.0410. The second-order valence-electron chi connectivity index (χ2n) is 7.70. The van der Waals surface area contributed by atoms with Gasteiger partial charge in [-0.25, -0.2) is 4.39 Å². The third-order valence-electron chi connectivity index (χ3n) is 5.48. The number of rotatable bonds is 6. The molecule has 0 aliphatic carbocycles. The Bertz CT molecular complexity index is 1070. The molecule has 0 unspecified atom stereocenters. The third-order valence-corrected chi connectivity index (χ3v) is 6.54. The average molecular weight is 489 g/mol. The van der Waals surface area contributed by atoms with E-state index in [1.165, 1.54) is 11.6 Å². The molecule has 0 aromatic heterocycles. The van der Waals surface area contributed by atoms with Gasteiger partial charge in [0.1, 0.15) is 17.4 Å². The second kappa shape index (κ2) is 10.6. The van der Waals surface area contributed by atoms with Crippen molar-refractivity contribution in [2.45, 2.75) is 13.2 Å². The number of hydrogen-bond acceptors (Lipinski definition) is 3. The van der Waals surface area contributed by atoms with Crippen molar-refractivity contribution in [1.29, 1.82) is 0 Å². The molecule has 1 aliphatic heterocycles. The second-order valence-corrected chi connectivity index (χ2v) is 8.90. The molecule has 3 aromatic carbocycles. The largest absolute Gasteiger partial charge is 0.486 e. The van der Waals surface area contributed by atoms with E-state index in [-0.39, 0.29) is 12.4 Å². The molecule has 1 heterocycles. The fourth-order valence-corrected chi connectivity index (χ4v) is 4.62. The highest BCUT2D eigenvalue weighted by molar-refractivity contribution is 7.80. The SMILES string of the molecule is Fc1ccccc1COc1c(Cl)cc(C(=S)N2CCN(Cc3ccccc3)CC2)cc1Cl. The number of benzene rings is 3. The molecule has 0 saturated carbocycles. The van der Waals surface area contributed by atoms with Crippen LogP contribution in [0, 0.1) is 5.82 Å². The average Bonchev–Trinajstić information content (AvgIpc) is 2.80. The highest BCUT2D eigenvalue weighted by atomic mass is 35.5. The monoisotopic (exact) mass is 488 g/mol. The van der Waals surface area contributed by atoms with Gasteiger partial charge < -0.3 is 9.64 Å². The first kappa shape index (κ1) is 23.0. The lowest BCUT2D eigenvalue weighted by atomic mass is 10.1. The van der Waals surface area contributed by atoms with E-state index in [1.54, 1.807) is 30.3 Å². The normalized spacial score (nSPS) is 14.4. The Morgan fingerprint density at radius 3 is 2.19 bits per heavy atom. The first-order chi connectivity index (χ1) is 15.5. The van der Waals surface area contributed by atoms with Crippen LogP contribution in [0.5, 0.6) is 5.75 Å². The van der Waals surface area contributed by atoms with Crippen LogP contribution in [0.3, 0.4) is 0 Å². The quantitative estimate of drug-likeness (QED) is 0.383. The molecule has 0 radical (unpaired) electrons. The van der Waals surface area contributed by atoms with Gasteiger partial charge in [-0.2, -0.15) is 0 Å². The van der Waals surface area contributed by atoms with E-state index < -0.39 is 0 Å². The van der Waals surface area contributed by atoms with Crippen LogP contribution in [0.15, 0.2) is 66.7 Å². The zero-order valence-electron chi connectivity index (χ0n) is 17.4. The predicted molar refractivity (Wildman–Crippen MR) is 132 cm³/mol. The Hall–Kier alpha value is -2.18. The van der Waals surface area contributed by atoms with Crippen LogP contribution in [0.4, 0.5) is 4.39 Å². The Labute approximate surface area is 203 Å². The summed E-state index contributed by atoms with van der Waals surface area (Å²) in [6.45, 7) is 4.52. The van der Waals surface area contributed by atoms with E-state index in [4.69, 9.17) is 40.2 Å². The fourth-order valence-electron chi connectivity index (χ4n) is 3.72. The lowest BCUT2D eigenvalue weighted by Crippen LogP contribution is -2.48. The van der Waals surface area contributed by atoms with E-state index in [1.807, 2.05) is 6.07 Å². The van der Waals surface area contributed by atoms with Crippen LogP contribution in [0.1, 0.15) is 16.7 Å². The minimum atomic E-state index is -0.330. The molecule has 3 nitrogen and oxygen atoms in total. The first-order valence-electron chi connectivity index (χ1n) is 10.4. The summed E-state index contributed by atoms with van der Waals surface area (Å²) in [4.78, 5) is 5.32. The van der Waals surface area contributed by atoms with Crippen molar-refractivity contribution in [2.24, 2.45) is 0 Å². The summed E-state index contributed by atoms with van der Waals surface area (Å²) in [5.74, 6) is -0.000216. The van der Waals surface area contributed by atoms with Crippen molar-refractivity contribution in [2.75, 3.05) is 26.2 Å². The van der Waals surface area contributed by atoms with Gasteiger partial charge in [0.15, 0.2) is 5.75 Å². The van der Waals surface area contributed by atoms with Crippen LogP contribution in [0.25, 0.3) is 0 Å². The first-order valence-corrected chi connectivity index (χ1v) is 11.6. The minimum Gasteiger partial charge on any atom is -0.486 e. The molecule has 1 aliphatic rings. The smallest absolute Gasteiger partial charge is 0.157 e. The van der Waals surface area contributed by atoms with E-state index in [0.29, 0.717) is 26.3 Å². The summed E-state index contributed by atoms with van der Waals surface area (Å²) in [6, 6.07) is 20.4. The Balaban J connectivity index is 1.37. The topological polar surface area (TPSA) is 15.7 Å². The Kier molecular flexibility index (Phi) is 7.63. The van der Waals surface area contributed by atoms with Crippen LogP contribution >= 0.6 is 35.4 Å². The highest BCUT2D eigenvalue weighted by Crippen LogP contribution is 2.35. The summed E-state index contributed by atoms with van der Waals surface area (Å²) in [6.07, 6.45) is 0. The zero-order chi connectivity index (χ0) is 22.5. The number of piperazine rings is 1. The van der Waals surface area contributed by atoms with Crippen molar-refractivity contribution in [3.8, 4) is 5.75 Å². The summed E-state index contributed by atoms with van der Waals surface area (Å²) in [7, 11) is 0. The van der Waals surface area contributed by atoms with Gasteiger partial charge >= 0.3 is 0 Å². The standard InChI is InChI=1S/C25H23Cl2FN2OS/c26-21-14-20(15-22(27)24(21)31-17-19-8-4-5-9-23(19)28)25(32)30-12-10-29(11-13-30)16-18-6-2-1-3-7-18/h1-9,14-15H,10-13,16-17H2. The summed E-state index contributed by atoms with van der Waals surface area (Å²) < 4.78 is 19.6. The van der Waals surface area contributed by atoms with E-state index in [2.05, 4.69) is 34.1 Å². The van der Waals surface area contributed by atoms with Crippen LogP contribution < -0.4 is 4.74 Å². The molecule has 0 atom stereocenters. The lowest BCUT2D eigenvalue weighted by Gasteiger charge is -2.36. The number of nitrogens with zero attached hydrogens (tertiary/aromatic N) is 2. The Morgan fingerprint density at radius 2 is 1.53 bits per heavy atom. The predicted octanol–water partition coefficient (Wildman–Crippen LogP) is 6.20. The van der Waals surface area contributed by atoms with Crippen LogP contribution in [0.2, 0.25) is 10.0 Å². The summed E-state index contributed by atoms with van der Waals surface area (Å²) >= 11 is 18.6. The van der Waals surface area contributed by atoms with E-state index >= 15 is 0 Å². The van der Waals surface area contributed by atoms with Crippen molar-refractivity contribution < 1.29 is 9.13 Å². The number of thiocarbonyl (C=S) groups is 1. The van der Waals surface area contributed by atoms with Gasteiger partial charge in [0.05, 0.1) is 10.0 Å². The van der Waals surface area contributed by atoms with Gasteiger partial charge in [0, 0.05) is 43.9 Å². The van der Waals surface area contributed by atoms with Gasteiger partial charge in [-0.1, -0.05) is 84.0 Å². The van der Waals surface area contributed by atoms with Crippen molar-refractivity contribution in [3.63, 3.8) is 0 Å². The maximum Gasteiger partial charge on any atom is 0.157 e. The molecule has 0 N–H and O–H groups in total. The van der Waals surface area contributed by atoms with Gasteiger partial charge in [-0.15, -0.1) is 0 Å². The van der Waals surface area contributed by atoms with E-state index in [9.17, 15) is 4.39 Å². The summed E-state index contributed by atoms with van der Waals surface area (Å²) in [5, 5.41) is 0.711. The number of hydrogen-bond donors (Lipinski definition) is 0. The van der Waals surface area contributed by atoms with Gasteiger partial charge in [-0.05, 0) is 23.8 Å². The maximum atomic E-state index is 13.8. The summed E-state index contributed by atoms with van der Waals surface area (Å²) in [5.41, 5.74) is 2.53. The molecule has 1 saturated heterocycles. The molecule has 7 heteroatoms. The molecule has 32 heavy (non-hydrogen) atoms. The van der Waals surface area contributed by atoms with E-state index in [0.717, 1.165) is 38.3 Å². The lowest BCUT2D eigenvalue weighted by molar-refractivity contribution is 0.177. The molecule has 0 spiro atoms. The molecule has 166 valence electrons. The molecule has 0 amide bonds. The van der Waals surface area contributed by atoms with Crippen molar-refractivity contribution in [1.82, 2.24) is 9.80 Å². The van der Waals surface area contributed by atoms with Crippen molar-refractivity contribution >= 4 is 40.4 Å². The van der Waals surface area contributed by atoms with Crippen LogP contribution in [-0.2, 0) is 13.2 Å². The van der Waals surface area contributed by atoms with Gasteiger partial charge in [0.25, 0.3) is 0 Å². The molecular weight excluding hydrogens is 466 g/mol. The van der Waals surface area contributed by atoms with Gasteiger partial charge in [-0.3, -0.25) is 4.90 Å². The molecule has 4 rings (SSSR count). The molecule has 0 bridgehead atoms. The number of halogens is 3. The van der Waals surface area contributed by atoms with Gasteiger partial charge in [0.2, 0.25) is 0 Å². The highest BCUT2D eigenvalue weighted by Gasteiger charge is 2.21. The molecule has 3 aromatic rings. The van der Waals surface area contributed by atoms with Crippen LogP contribution in [-0.4, -0.2) is 41.0 Å². The molecule has 1 fully saturated rings. The number of ether oxygens (including phenoxy) is 1. The Morgan fingerprint density at radius 1 is 0.906 bits per heavy atom. The molecular formula is C25H23Cl2FN2OS. The third kappa shape index (κ3) is 5.59.